The molecule has 1 aromatic rings. The standard InChI is InChI=1S/C16H27BrN2O/c1-6-20-10-9-19(5)15-8-7-13(11-14(15)17)12-18-16(2,3)4/h7-8,11,18H,6,9-10,12H2,1-5H3. The molecule has 0 aliphatic heterocycles. The Bertz CT molecular complexity index is 415. The highest BCUT2D eigenvalue weighted by molar-refractivity contribution is 9.10. The molecule has 0 aromatic heterocycles. The van der Waals surface area contributed by atoms with Gasteiger partial charge in [-0.3, -0.25) is 0 Å². The van der Waals surface area contributed by atoms with Gasteiger partial charge in [0.05, 0.1) is 12.3 Å². The van der Waals surface area contributed by atoms with Crippen molar-refractivity contribution in [2.24, 2.45) is 0 Å². The molecule has 1 N–H and O–H groups in total. The van der Waals surface area contributed by atoms with Crippen molar-refractivity contribution in [1.29, 1.82) is 0 Å². The molecule has 20 heavy (non-hydrogen) atoms. The molecule has 0 heterocycles. The molecular weight excluding hydrogens is 316 g/mol. The number of ether oxygens (including phenoxy) is 1. The second-order valence-corrected chi connectivity index (χ2v) is 6.86. The Kier molecular flexibility index (Phi) is 7.00. The van der Waals surface area contributed by atoms with Crippen LogP contribution in [0.3, 0.4) is 0 Å². The van der Waals surface area contributed by atoms with E-state index in [1.807, 2.05) is 6.92 Å². The third-order valence-electron chi connectivity index (χ3n) is 3.02. The van der Waals surface area contributed by atoms with Gasteiger partial charge in [0.25, 0.3) is 0 Å². The second kappa shape index (κ2) is 8.01. The van der Waals surface area contributed by atoms with Crippen LogP contribution >= 0.6 is 15.9 Å². The van der Waals surface area contributed by atoms with E-state index in [9.17, 15) is 0 Å². The van der Waals surface area contributed by atoms with E-state index in [0.717, 1.165) is 30.8 Å². The van der Waals surface area contributed by atoms with Crippen molar-refractivity contribution in [3.63, 3.8) is 0 Å². The molecule has 0 aliphatic rings. The van der Waals surface area contributed by atoms with Crippen molar-refractivity contribution < 1.29 is 4.74 Å². The Balaban J connectivity index is 2.63. The summed E-state index contributed by atoms with van der Waals surface area (Å²) in [5.74, 6) is 0. The van der Waals surface area contributed by atoms with Crippen molar-refractivity contribution in [3.05, 3.63) is 28.2 Å². The number of nitrogens with zero attached hydrogens (tertiary/aromatic N) is 1. The first-order valence-electron chi connectivity index (χ1n) is 7.16. The number of anilines is 1. The fraction of sp³-hybridized carbons (Fsp3) is 0.625. The maximum absolute atomic E-state index is 5.40. The molecule has 1 aromatic carbocycles. The minimum atomic E-state index is 0.138. The van der Waals surface area contributed by atoms with Crippen molar-refractivity contribution in [3.8, 4) is 0 Å². The number of likely N-dealkylation sites (N-methyl/N-ethyl adjacent to an activating group) is 1. The molecular formula is C16H27BrN2O. The van der Waals surface area contributed by atoms with Gasteiger partial charge in [-0.15, -0.1) is 0 Å². The Morgan fingerprint density at radius 3 is 2.55 bits per heavy atom. The lowest BCUT2D eigenvalue weighted by atomic mass is 10.1. The average molecular weight is 343 g/mol. The lowest BCUT2D eigenvalue weighted by Crippen LogP contribution is -2.35. The van der Waals surface area contributed by atoms with Gasteiger partial charge in [-0.25, -0.2) is 0 Å². The van der Waals surface area contributed by atoms with Crippen molar-refractivity contribution in [1.82, 2.24) is 5.32 Å². The summed E-state index contributed by atoms with van der Waals surface area (Å²) < 4.78 is 6.53. The molecule has 0 atom stereocenters. The van der Waals surface area contributed by atoms with E-state index in [1.165, 1.54) is 11.3 Å². The zero-order valence-electron chi connectivity index (χ0n) is 13.3. The summed E-state index contributed by atoms with van der Waals surface area (Å²) >= 11 is 3.67. The molecule has 0 bridgehead atoms. The molecule has 0 fully saturated rings. The quantitative estimate of drug-likeness (QED) is 0.762. The smallest absolute Gasteiger partial charge is 0.0641 e. The largest absolute Gasteiger partial charge is 0.380 e. The van der Waals surface area contributed by atoms with Gasteiger partial charge in [-0.05, 0) is 61.3 Å². The van der Waals surface area contributed by atoms with Crippen molar-refractivity contribution >= 4 is 21.6 Å². The first-order valence-corrected chi connectivity index (χ1v) is 7.95. The molecule has 4 heteroatoms. The van der Waals surface area contributed by atoms with E-state index in [1.54, 1.807) is 0 Å². The van der Waals surface area contributed by atoms with Gasteiger partial charge >= 0.3 is 0 Å². The Morgan fingerprint density at radius 2 is 2.00 bits per heavy atom. The Hall–Kier alpha value is -0.580. The number of benzene rings is 1. The van der Waals surface area contributed by atoms with Crippen LogP contribution in [-0.4, -0.2) is 32.3 Å². The Labute approximate surface area is 131 Å². The molecule has 0 spiro atoms. The summed E-state index contributed by atoms with van der Waals surface area (Å²) in [7, 11) is 2.09. The zero-order chi connectivity index (χ0) is 15.2. The van der Waals surface area contributed by atoms with Gasteiger partial charge in [0.1, 0.15) is 0 Å². The molecule has 0 radical (unpaired) electrons. The summed E-state index contributed by atoms with van der Waals surface area (Å²) in [6.45, 7) is 11.9. The van der Waals surface area contributed by atoms with Gasteiger partial charge < -0.3 is 15.0 Å². The van der Waals surface area contributed by atoms with E-state index >= 15 is 0 Å². The maximum atomic E-state index is 5.40. The summed E-state index contributed by atoms with van der Waals surface area (Å²) in [5, 5.41) is 3.50. The minimum Gasteiger partial charge on any atom is -0.380 e. The Morgan fingerprint density at radius 1 is 1.30 bits per heavy atom. The van der Waals surface area contributed by atoms with Crippen LogP contribution < -0.4 is 10.2 Å². The van der Waals surface area contributed by atoms with E-state index in [2.05, 4.69) is 72.2 Å². The van der Waals surface area contributed by atoms with Gasteiger partial charge in [-0.1, -0.05) is 6.07 Å². The van der Waals surface area contributed by atoms with Crippen LogP contribution in [-0.2, 0) is 11.3 Å². The molecule has 0 saturated heterocycles. The second-order valence-electron chi connectivity index (χ2n) is 6.01. The van der Waals surface area contributed by atoms with Gasteiger partial charge in [-0.2, -0.15) is 0 Å². The number of halogens is 1. The van der Waals surface area contributed by atoms with Crippen LogP contribution in [0.25, 0.3) is 0 Å². The highest BCUT2D eigenvalue weighted by Crippen LogP contribution is 2.26. The number of nitrogens with one attached hydrogen (secondary N) is 1. The number of rotatable bonds is 7. The van der Waals surface area contributed by atoms with Gasteiger partial charge in [0.15, 0.2) is 0 Å². The van der Waals surface area contributed by atoms with Crippen LogP contribution in [0.2, 0.25) is 0 Å². The van der Waals surface area contributed by atoms with E-state index < -0.39 is 0 Å². The molecule has 0 aliphatic carbocycles. The fourth-order valence-electron chi connectivity index (χ4n) is 1.80. The van der Waals surface area contributed by atoms with E-state index in [-0.39, 0.29) is 5.54 Å². The molecule has 3 nitrogen and oxygen atoms in total. The summed E-state index contributed by atoms with van der Waals surface area (Å²) in [6.07, 6.45) is 0. The SMILES string of the molecule is CCOCCN(C)c1ccc(CNC(C)(C)C)cc1Br. The van der Waals surface area contributed by atoms with Crippen LogP contribution in [0, 0.1) is 0 Å². The first kappa shape index (κ1) is 17.5. The lowest BCUT2D eigenvalue weighted by molar-refractivity contribution is 0.154. The maximum Gasteiger partial charge on any atom is 0.0641 e. The van der Waals surface area contributed by atoms with Gasteiger partial charge in [0.2, 0.25) is 0 Å². The fourth-order valence-corrected chi connectivity index (χ4v) is 2.53. The van der Waals surface area contributed by atoms with Crippen LogP contribution in [0.4, 0.5) is 5.69 Å². The highest BCUT2D eigenvalue weighted by atomic mass is 79.9. The van der Waals surface area contributed by atoms with Crippen LogP contribution in [0.5, 0.6) is 0 Å². The summed E-state index contributed by atoms with van der Waals surface area (Å²) in [6, 6.07) is 6.52. The third-order valence-corrected chi connectivity index (χ3v) is 3.66. The predicted octanol–water partition coefficient (Wildman–Crippen LogP) is 3.81. The van der Waals surface area contributed by atoms with Crippen molar-refractivity contribution in [2.75, 3.05) is 31.7 Å². The summed E-state index contributed by atoms with van der Waals surface area (Å²) in [5.41, 5.74) is 2.62. The molecule has 0 unspecified atom stereocenters. The summed E-state index contributed by atoms with van der Waals surface area (Å²) in [4.78, 5) is 2.21. The molecule has 0 saturated carbocycles. The minimum absolute atomic E-state index is 0.138. The molecule has 0 amide bonds. The monoisotopic (exact) mass is 342 g/mol. The molecule has 114 valence electrons. The normalized spacial score (nSPS) is 11.7. The van der Waals surface area contributed by atoms with Crippen molar-refractivity contribution in [2.45, 2.75) is 39.8 Å². The van der Waals surface area contributed by atoms with E-state index in [0.29, 0.717) is 0 Å². The van der Waals surface area contributed by atoms with E-state index in [4.69, 9.17) is 4.74 Å². The number of hydrogen-bond acceptors (Lipinski definition) is 3. The first-order chi connectivity index (χ1) is 9.33. The predicted molar refractivity (Wildman–Crippen MR) is 90.5 cm³/mol. The topological polar surface area (TPSA) is 24.5 Å². The zero-order valence-corrected chi connectivity index (χ0v) is 14.9. The lowest BCUT2D eigenvalue weighted by Gasteiger charge is -2.23. The average Bonchev–Trinajstić information content (AvgIpc) is 2.35. The molecule has 1 rings (SSSR count). The van der Waals surface area contributed by atoms with Crippen LogP contribution in [0.1, 0.15) is 33.3 Å². The number of hydrogen-bond donors (Lipinski definition) is 1. The third kappa shape index (κ3) is 6.25. The van der Waals surface area contributed by atoms with Gasteiger partial charge in [0, 0.05) is 36.8 Å². The highest BCUT2D eigenvalue weighted by Gasteiger charge is 2.10. The van der Waals surface area contributed by atoms with Crippen LogP contribution in [0.15, 0.2) is 22.7 Å².